The van der Waals surface area contributed by atoms with Crippen LogP contribution in [0.2, 0.25) is 0 Å². The van der Waals surface area contributed by atoms with Gasteiger partial charge < -0.3 is 10.0 Å². The van der Waals surface area contributed by atoms with Crippen molar-refractivity contribution in [1.29, 1.82) is 0 Å². The van der Waals surface area contributed by atoms with Gasteiger partial charge in [0.25, 0.3) is 0 Å². The third-order valence-electron chi connectivity index (χ3n) is 4.16. The van der Waals surface area contributed by atoms with Crippen molar-refractivity contribution >= 4 is 0 Å². The molecule has 1 saturated heterocycles. The van der Waals surface area contributed by atoms with E-state index >= 15 is 0 Å². The van der Waals surface area contributed by atoms with Crippen molar-refractivity contribution in [2.24, 2.45) is 5.92 Å². The lowest BCUT2D eigenvalue weighted by Gasteiger charge is -2.32. The summed E-state index contributed by atoms with van der Waals surface area (Å²) in [6.07, 6.45) is 2.29. The molecular weight excluding hydrogens is 248 g/mol. The molecule has 3 nitrogen and oxygen atoms in total. The first-order valence-electron chi connectivity index (χ1n) is 7.76. The average Bonchev–Trinajstić information content (AvgIpc) is 2.42. The number of likely N-dealkylation sites (N-methyl/N-ethyl adjacent to an activating group) is 1. The van der Waals surface area contributed by atoms with Crippen molar-refractivity contribution < 1.29 is 5.11 Å². The Balaban J connectivity index is 1.69. The molecule has 0 aliphatic carbocycles. The van der Waals surface area contributed by atoms with Crippen LogP contribution in [0.4, 0.5) is 0 Å². The van der Waals surface area contributed by atoms with Crippen LogP contribution in [0.1, 0.15) is 25.3 Å². The molecule has 1 heterocycles. The van der Waals surface area contributed by atoms with E-state index in [2.05, 4.69) is 48.0 Å². The number of aliphatic hydroxyl groups is 1. The quantitative estimate of drug-likeness (QED) is 0.863. The first-order valence-corrected chi connectivity index (χ1v) is 7.76. The molecule has 112 valence electrons. The Bertz CT molecular complexity index is 374. The summed E-state index contributed by atoms with van der Waals surface area (Å²) in [4.78, 5) is 4.60. The van der Waals surface area contributed by atoms with Crippen molar-refractivity contribution in [3.63, 3.8) is 0 Å². The van der Waals surface area contributed by atoms with E-state index in [0.29, 0.717) is 0 Å². The fourth-order valence-corrected chi connectivity index (χ4v) is 2.92. The maximum absolute atomic E-state index is 10.2. The van der Waals surface area contributed by atoms with Crippen LogP contribution in [-0.2, 0) is 6.54 Å². The van der Waals surface area contributed by atoms with Gasteiger partial charge in [0.05, 0.1) is 6.10 Å². The van der Waals surface area contributed by atoms with Crippen molar-refractivity contribution in [2.75, 3.05) is 33.2 Å². The highest BCUT2D eigenvalue weighted by Crippen LogP contribution is 2.16. The number of likely N-dealkylation sites (tertiary alicyclic amines) is 1. The van der Waals surface area contributed by atoms with E-state index in [1.165, 1.54) is 18.4 Å². The van der Waals surface area contributed by atoms with Gasteiger partial charge in [0.15, 0.2) is 0 Å². The first kappa shape index (κ1) is 15.5. The molecule has 1 fully saturated rings. The summed E-state index contributed by atoms with van der Waals surface area (Å²) in [6.45, 7) is 7.05. The first-order chi connectivity index (χ1) is 9.63. The van der Waals surface area contributed by atoms with E-state index in [9.17, 15) is 5.11 Å². The number of piperidine rings is 1. The van der Waals surface area contributed by atoms with Gasteiger partial charge in [-0.05, 0) is 44.5 Å². The van der Waals surface area contributed by atoms with Crippen LogP contribution < -0.4 is 0 Å². The van der Waals surface area contributed by atoms with Crippen LogP contribution in [0.15, 0.2) is 30.3 Å². The summed E-state index contributed by atoms with van der Waals surface area (Å²) in [7, 11) is 2.08. The summed E-state index contributed by atoms with van der Waals surface area (Å²) < 4.78 is 0. The zero-order valence-electron chi connectivity index (χ0n) is 12.8. The smallest absolute Gasteiger partial charge is 0.0793 e. The molecule has 1 N–H and O–H groups in total. The molecule has 2 rings (SSSR count). The molecule has 0 bridgehead atoms. The second-order valence-electron chi connectivity index (χ2n) is 6.32. The fraction of sp³-hybridized carbons (Fsp3) is 0.647. The molecular formula is C17H28N2O. The lowest BCUT2D eigenvalue weighted by Crippen LogP contribution is -2.42. The predicted octanol–water partition coefficient (Wildman–Crippen LogP) is 2.21. The predicted molar refractivity (Wildman–Crippen MR) is 83.6 cm³/mol. The molecule has 0 amide bonds. The Morgan fingerprint density at radius 2 is 1.90 bits per heavy atom. The van der Waals surface area contributed by atoms with Crippen molar-refractivity contribution in [2.45, 2.75) is 32.4 Å². The molecule has 1 aromatic rings. The van der Waals surface area contributed by atoms with Crippen LogP contribution in [0.5, 0.6) is 0 Å². The summed E-state index contributed by atoms with van der Waals surface area (Å²) in [6, 6.07) is 10.4. The zero-order valence-corrected chi connectivity index (χ0v) is 12.8. The second kappa shape index (κ2) is 7.77. The van der Waals surface area contributed by atoms with E-state index in [1.807, 2.05) is 6.07 Å². The third-order valence-corrected chi connectivity index (χ3v) is 4.16. The summed E-state index contributed by atoms with van der Waals surface area (Å²) >= 11 is 0. The molecule has 1 aliphatic heterocycles. The summed E-state index contributed by atoms with van der Waals surface area (Å²) in [5.41, 5.74) is 1.30. The summed E-state index contributed by atoms with van der Waals surface area (Å²) in [5.74, 6) is 0.851. The number of rotatable bonds is 6. The summed E-state index contributed by atoms with van der Waals surface area (Å²) in [5, 5.41) is 10.2. The standard InChI is InChI=1S/C17H28N2O/c1-15-8-10-19(11-9-15)14-17(20)13-18(2)12-16-6-4-3-5-7-16/h3-7,15,17,20H,8-14H2,1-2H3. The third kappa shape index (κ3) is 5.23. The van der Waals surface area contributed by atoms with Crippen molar-refractivity contribution in [1.82, 2.24) is 9.80 Å². The van der Waals surface area contributed by atoms with E-state index in [-0.39, 0.29) is 6.10 Å². The molecule has 0 aromatic heterocycles. The van der Waals surface area contributed by atoms with Gasteiger partial charge in [0.1, 0.15) is 0 Å². The van der Waals surface area contributed by atoms with Crippen molar-refractivity contribution in [3.05, 3.63) is 35.9 Å². The molecule has 0 saturated carbocycles. The minimum atomic E-state index is -0.253. The number of benzene rings is 1. The maximum atomic E-state index is 10.2. The Morgan fingerprint density at radius 3 is 2.55 bits per heavy atom. The molecule has 0 spiro atoms. The number of hydrogen-bond donors (Lipinski definition) is 1. The molecule has 1 atom stereocenters. The largest absolute Gasteiger partial charge is 0.390 e. The molecule has 1 aliphatic rings. The number of β-amino-alcohol motifs (C(OH)–C–C–N with tert-alkyl or cyclic N) is 1. The van der Waals surface area contributed by atoms with Crippen LogP contribution >= 0.6 is 0 Å². The van der Waals surface area contributed by atoms with Gasteiger partial charge in [0.2, 0.25) is 0 Å². The molecule has 20 heavy (non-hydrogen) atoms. The van der Waals surface area contributed by atoms with E-state index < -0.39 is 0 Å². The SMILES string of the molecule is CC1CCN(CC(O)CN(C)Cc2ccccc2)CC1. The van der Waals surface area contributed by atoms with E-state index in [0.717, 1.165) is 38.6 Å². The minimum absolute atomic E-state index is 0.253. The second-order valence-corrected chi connectivity index (χ2v) is 6.32. The number of hydrogen-bond acceptors (Lipinski definition) is 3. The highest BCUT2D eigenvalue weighted by atomic mass is 16.3. The van der Waals surface area contributed by atoms with Gasteiger partial charge in [-0.15, -0.1) is 0 Å². The van der Waals surface area contributed by atoms with Gasteiger partial charge in [-0.1, -0.05) is 37.3 Å². The van der Waals surface area contributed by atoms with Crippen LogP contribution in [0.3, 0.4) is 0 Å². The number of aliphatic hydroxyl groups excluding tert-OH is 1. The lowest BCUT2D eigenvalue weighted by atomic mass is 9.99. The van der Waals surface area contributed by atoms with Gasteiger partial charge in [0, 0.05) is 19.6 Å². The van der Waals surface area contributed by atoms with Crippen molar-refractivity contribution in [3.8, 4) is 0 Å². The normalized spacial score (nSPS) is 19.4. The Kier molecular flexibility index (Phi) is 6.02. The van der Waals surface area contributed by atoms with Gasteiger partial charge in [-0.25, -0.2) is 0 Å². The zero-order chi connectivity index (χ0) is 14.4. The van der Waals surface area contributed by atoms with Gasteiger partial charge in [-0.2, -0.15) is 0 Å². The minimum Gasteiger partial charge on any atom is -0.390 e. The monoisotopic (exact) mass is 276 g/mol. The fourth-order valence-electron chi connectivity index (χ4n) is 2.92. The Labute approximate surface area is 123 Å². The lowest BCUT2D eigenvalue weighted by molar-refractivity contribution is 0.0662. The Morgan fingerprint density at radius 1 is 1.25 bits per heavy atom. The highest BCUT2D eigenvalue weighted by Gasteiger charge is 2.18. The van der Waals surface area contributed by atoms with Crippen LogP contribution in [0.25, 0.3) is 0 Å². The van der Waals surface area contributed by atoms with E-state index in [1.54, 1.807) is 0 Å². The Hall–Kier alpha value is -0.900. The van der Waals surface area contributed by atoms with Crippen LogP contribution in [0, 0.1) is 5.92 Å². The molecule has 1 aromatic carbocycles. The average molecular weight is 276 g/mol. The van der Waals surface area contributed by atoms with E-state index in [4.69, 9.17) is 0 Å². The molecule has 3 heteroatoms. The topological polar surface area (TPSA) is 26.7 Å². The van der Waals surface area contributed by atoms with Gasteiger partial charge >= 0.3 is 0 Å². The van der Waals surface area contributed by atoms with Gasteiger partial charge in [-0.3, -0.25) is 4.90 Å². The molecule has 0 radical (unpaired) electrons. The highest BCUT2D eigenvalue weighted by molar-refractivity contribution is 5.14. The molecule has 1 unspecified atom stereocenters. The number of nitrogens with zero attached hydrogens (tertiary/aromatic N) is 2. The van der Waals surface area contributed by atoms with Crippen LogP contribution in [-0.4, -0.2) is 54.2 Å². The maximum Gasteiger partial charge on any atom is 0.0793 e.